The maximum absolute atomic E-state index is 11.6. The molecule has 0 spiro atoms. The molecule has 6 nitrogen and oxygen atoms in total. The molecule has 4 aromatic rings. The third-order valence-electron chi connectivity index (χ3n) is 6.72. The number of para-hydroxylation sites is 1. The van der Waals surface area contributed by atoms with Crippen LogP contribution in [0.3, 0.4) is 0 Å². The van der Waals surface area contributed by atoms with E-state index in [9.17, 15) is 4.79 Å². The van der Waals surface area contributed by atoms with E-state index in [0.717, 1.165) is 64.8 Å². The first kappa shape index (κ1) is 22.1. The molecule has 1 aliphatic heterocycles. The van der Waals surface area contributed by atoms with Gasteiger partial charge in [0.2, 0.25) is 11.8 Å². The van der Waals surface area contributed by atoms with Crippen molar-refractivity contribution >= 4 is 16.8 Å². The highest BCUT2D eigenvalue weighted by atomic mass is 16.5. The van der Waals surface area contributed by atoms with Gasteiger partial charge in [-0.15, -0.1) is 5.10 Å². The van der Waals surface area contributed by atoms with E-state index in [1.54, 1.807) is 6.92 Å². The van der Waals surface area contributed by atoms with Gasteiger partial charge < -0.3 is 9.64 Å². The molecule has 1 amide bonds. The van der Waals surface area contributed by atoms with Crippen LogP contribution in [-0.4, -0.2) is 38.7 Å². The summed E-state index contributed by atoms with van der Waals surface area (Å²) in [6.07, 6.45) is 3.93. The average Bonchev–Trinajstić information content (AvgIpc) is 3.23. The van der Waals surface area contributed by atoms with Crippen LogP contribution in [0.4, 0.5) is 0 Å². The molecule has 0 N–H and O–H groups in total. The SMILES string of the molecule is CC(=O)N1CCC(c2cn(C)nc2OCc2ccc(-c3nc4ccccc4cc3C)cc2)CC1. The largest absolute Gasteiger partial charge is 0.472 e. The van der Waals surface area contributed by atoms with E-state index in [4.69, 9.17) is 9.72 Å². The summed E-state index contributed by atoms with van der Waals surface area (Å²) in [5.41, 5.74) is 6.50. The molecule has 0 saturated carbocycles. The summed E-state index contributed by atoms with van der Waals surface area (Å²) in [6, 6.07) is 18.8. The van der Waals surface area contributed by atoms with E-state index in [2.05, 4.69) is 60.7 Å². The number of hydrogen-bond donors (Lipinski definition) is 0. The van der Waals surface area contributed by atoms with Crippen LogP contribution in [0.2, 0.25) is 0 Å². The fourth-order valence-corrected chi connectivity index (χ4v) is 4.81. The maximum atomic E-state index is 11.6. The summed E-state index contributed by atoms with van der Waals surface area (Å²) in [5, 5.41) is 5.72. The van der Waals surface area contributed by atoms with Crippen molar-refractivity contribution in [3.05, 3.63) is 77.5 Å². The van der Waals surface area contributed by atoms with Gasteiger partial charge in [-0.2, -0.15) is 0 Å². The number of ether oxygens (including phenoxy) is 1. The maximum Gasteiger partial charge on any atom is 0.236 e. The molecule has 1 aliphatic rings. The summed E-state index contributed by atoms with van der Waals surface area (Å²) in [5.74, 6) is 1.21. The van der Waals surface area contributed by atoms with Gasteiger partial charge in [-0.25, -0.2) is 4.98 Å². The summed E-state index contributed by atoms with van der Waals surface area (Å²) >= 11 is 0. The number of piperidine rings is 1. The Labute approximate surface area is 200 Å². The second-order valence-corrected chi connectivity index (χ2v) is 9.18. The van der Waals surface area contributed by atoms with Crippen molar-refractivity contribution in [2.75, 3.05) is 13.1 Å². The molecule has 5 rings (SSSR count). The van der Waals surface area contributed by atoms with Gasteiger partial charge in [0.15, 0.2) is 0 Å². The van der Waals surface area contributed by atoms with E-state index in [1.807, 2.05) is 28.8 Å². The van der Waals surface area contributed by atoms with Crippen molar-refractivity contribution in [1.29, 1.82) is 0 Å². The van der Waals surface area contributed by atoms with Gasteiger partial charge in [0.25, 0.3) is 0 Å². The number of carbonyl (C=O) groups is 1. The van der Waals surface area contributed by atoms with Crippen LogP contribution >= 0.6 is 0 Å². The number of aryl methyl sites for hydroxylation is 2. The molecule has 2 aromatic heterocycles. The molecule has 34 heavy (non-hydrogen) atoms. The highest BCUT2D eigenvalue weighted by Gasteiger charge is 2.26. The van der Waals surface area contributed by atoms with E-state index < -0.39 is 0 Å². The highest BCUT2D eigenvalue weighted by molar-refractivity contribution is 5.83. The molecule has 6 heteroatoms. The molecule has 0 aliphatic carbocycles. The molecule has 0 radical (unpaired) electrons. The number of amides is 1. The van der Waals surface area contributed by atoms with Crippen molar-refractivity contribution in [2.24, 2.45) is 7.05 Å². The van der Waals surface area contributed by atoms with Crippen LogP contribution in [0, 0.1) is 6.92 Å². The van der Waals surface area contributed by atoms with E-state index in [1.165, 1.54) is 0 Å². The van der Waals surface area contributed by atoms with E-state index in [-0.39, 0.29) is 5.91 Å². The van der Waals surface area contributed by atoms with E-state index >= 15 is 0 Å². The number of benzene rings is 2. The van der Waals surface area contributed by atoms with Crippen LogP contribution in [0.5, 0.6) is 5.88 Å². The minimum absolute atomic E-state index is 0.152. The summed E-state index contributed by atoms with van der Waals surface area (Å²) in [6.45, 7) is 5.79. The van der Waals surface area contributed by atoms with Gasteiger partial charge in [-0.3, -0.25) is 9.48 Å². The zero-order valence-electron chi connectivity index (χ0n) is 20.0. The number of hydrogen-bond acceptors (Lipinski definition) is 4. The number of aromatic nitrogens is 3. The zero-order chi connectivity index (χ0) is 23.7. The first-order chi connectivity index (χ1) is 16.5. The fraction of sp³-hybridized carbons (Fsp3) is 0.321. The van der Waals surface area contributed by atoms with Gasteiger partial charge in [0.05, 0.1) is 11.2 Å². The molecule has 1 saturated heterocycles. The predicted octanol–water partition coefficient (Wildman–Crippen LogP) is 5.25. The van der Waals surface area contributed by atoms with Crippen molar-refractivity contribution < 1.29 is 9.53 Å². The molecule has 0 atom stereocenters. The molecular formula is C28H30N4O2. The lowest BCUT2D eigenvalue weighted by Gasteiger charge is -2.31. The van der Waals surface area contributed by atoms with Gasteiger partial charge in [0.1, 0.15) is 6.61 Å². The first-order valence-corrected chi connectivity index (χ1v) is 11.9. The van der Waals surface area contributed by atoms with Crippen molar-refractivity contribution in [2.45, 2.75) is 39.2 Å². The summed E-state index contributed by atoms with van der Waals surface area (Å²) < 4.78 is 7.99. The standard InChI is InChI=1S/C28H30N4O2/c1-19-16-24-6-4-5-7-26(24)29-27(19)23-10-8-21(9-11-23)18-34-28-25(17-31(3)30-28)22-12-14-32(15-13-22)20(2)33/h4-11,16-17,22H,12-15,18H2,1-3H3. The Kier molecular flexibility index (Phi) is 6.05. The predicted molar refractivity (Wildman–Crippen MR) is 134 cm³/mol. The minimum Gasteiger partial charge on any atom is -0.472 e. The fourth-order valence-electron chi connectivity index (χ4n) is 4.81. The molecule has 1 fully saturated rings. The van der Waals surface area contributed by atoms with Crippen LogP contribution in [0.1, 0.15) is 42.4 Å². The quantitative estimate of drug-likeness (QED) is 0.413. The number of likely N-dealkylation sites (tertiary alicyclic amines) is 1. The molecule has 174 valence electrons. The Bertz CT molecular complexity index is 1320. The van der Waals surface area contributed by atoms with Crippen LogP contribution in [0.25, 0.3) is 22.2 Å². The second kappa shape index (κ2) is 9.29. The van der Waals surface area contributed by atoms with Crippen molar-refractivity contribution in [1.82, 2.24) is 19.7 Å². The summed E-state index contributed by atoms with van der Waals surface area (Å²) in [7, 11) is 1.93. The molecule has 2 aromatic carbocycles. The third kappa shape index (κ3) is 4.53. The normalized spacial score (nSPS) is 14.5. The van der Waals surface area contributed by atoms with Crippen molar-refractivity contribution in [3.8, 4) is 17.1 Å². The Morgan fingerprint density at radius 1 is 1.09 bits per heavy atom. The molecule has 0 unspecified atom stereocenters. The Balaban J connectivity index is 1.28. The number of rotatable bonds is 5. The topological polar surface area (TPSA) is 60.2 Å². The highest BCUT2D eigenvalue weighted by Crippen LogP contribution is 2.34. The van der Waals surface area contributed by atoms with Gasteiger partial charge in [0, 0.05) is 49.8 Å². The number of pyridine rings is 1. The minimum atomic E-state index is 0.152. The van der Waals surface area contributed by atoms with Gasteiger partial charge >= 0.3 is 0 Å². The lowest BCUT2D eigenvalue weighted by Crippen LogP contribution is -2.36. The van der Waals surface area contributed by atoms with Crippen LogP contribution in [0.15, 0.2) is 60.8 Å². The van der Waals surface area contributed by atoms with Gasteiger partial charge in [-0.1, -0.05) is 42.5 Å². The zero-order valence-corrected chi connectivity index (χ0v) is 20.0. The monoisotopic (exact) mass is 454 g/mol. The Morgan fingerprint density at radius 3 is 2.56 bits per heavy atom. The van der Waals surface area contributed by atoms with Crippen LogP contribution in [-0.2, 0) is 18.4 Å². The lowest BCUT2D eigenvalue weighted by molar-refractivity contribution is -0.129. The smallest absolute Gasteiger partial charge is 0.236 e. The molecular weight excluding hydrogens is 424 g/mol. The van der Waals surface area contributed by atoms with Gasteiger partial charge in [-0.05, 0) is 48.9 Å². The average molecular weight is 455 g/mol. The Hall–Kier alpha value is -3.67. The lowest BCUT2D eigenvalue weighted by atomic mass is 9.91. The third-order valence-corrected chi connectivity index (χ3v) is 6.72. The molecule has 3 heterocycles. The van der Waals surface area contributed by atoms with Crippen molar-refractivity contribution in [3.63, 3.8) is 0 Å². The number of fused-ring (bicyclic) bond motifs is 1. The number of carbonyl (C=O) groups excluding carboxylic acids is 1. The Morgan fingerprint density at radius 2 is 1.82 bits per heavy atom. The molecule has 0 bridgehead atoms. The number of nitrogens with zero attached hydrogens (tertiary/aromatic N) is 4. The summed E-state index contributed by atoms with van der Waals surface area (Å²) in [4.78, 5) is 18.4. The van der Waals surface area contributed by atoms with Crippen LogP contribution < -0.4 is 4.74 Å². The first-order valence-electron chi connectivity index (χ1n) is 11.9. The van der Waals surface area contributed by atoms with E-state index in [0.29, 0.717) is 18.4 Å². The second-order valence-electron chi connectivity index (χ2n) is 9.18.